The van der Waals surface area contributed by atoms with Crippen LogP contribution in [-0.4, -0.2) is 22.8 Å². The van der Waals surface area contributed by atoms with E-state index in [1.807, 2.05) is 12.2 Å². The van der Waals surface area contributed by atoms with Crippen molar-refractivity contribution in [2.24, 2.45) is 5.92 Å². The second-order valence-corrected chi connectivity index (χ2v) is 6.39. The molecule has 2 nitrogen and oxygen atoms in total. The second-order valence-electron chi connectivity index (χ2n) is 6.39. The molecule has 0 aromatic heterocycles. The first kappa shape index (κ1) is 16.1. The van der Waals surface area contributed by atoms with Crippen molar-refractivity contribution in [2.45, 2.75) is 69.1 Å². The second kappa shape index (κ2) is 7.66. The minimum Gasteiger partial charge on any atom is -0.392 e. The Morgan fingerprint density at radius 3 is 2.81 bits per heavy atom. The van der Waals surface area contributed by atoms with Gasteiger partial charge in [-0.1, -0.05) is 25.0 Å². The molecule has 1 aliphatic carbocycles. The van der Waals surface area contributed by atoms with Crippen LogP contribution in [0.25, 0.3) is 0 Å². The summed E-state index contributed by atoms with van der Waals surface area (Å²) in [5.74, 6) is 2.71. The molecule has 1 heterocycles. The summed E-state index contributed by atoms with van der Waals surface area (Å²) in [6, 6.07) is 0.524. The van der Waals surface area contributed by atoms with Crippen LogP contribution in [-0.2, 0) is 0 Å². The van der Waals surface area contributed by atoms with Crippen molar-refractivity contribution in [2.75, 3.05) is 0 Å². The highest BCUT2D eigenvalue weighted by Crippen LogP contribution is 2.41. The molecule has 0 aromatic carbocycles. The summed E-state index contributed by atoms with van der Waals surface area (Å²) < 4.78 is 0. The summed E-state index contributed by atoms with van der Waals surface area (Å²) in [5.41, 5.74) is 2.88. The topological polar surface area (TPSA) is 32.3 Å². The van der Waals surface area contributed by atoms with Crippen molar-refractivity contribution in [3.8, 4) is 12.3 Å². The number of hydrogen-bond donors (Lipinski definition) is 2. The maximum Gasteiger partial charge on any atom is 0.0620 e. The summed E-state index contributed by atoms with van der Waals surface area (Å²) in [6.07, 6.45) is 19.7. The predicted octanol–water partition coefficient (Wildman–Crippen LogP) is 3.34. The van der Waals surface area contributed by atoms with Crippen LogP contribution in [0.5, 0.6) is 0 Å². The van der Waals surface area contributed by atoms with Gasteiger partial charge in [-0.25, -0.2) is 0 Å². The third-order valence-corrected chi connectivity index (χ3v) is 5.05. The monoisotopic (exact) mass is 285 g/mol. The zero-order chi connectivity index (χ0) is 15.1. The molecule has 1 unspecified atom stereocenters. The van der Waals surface area contributed by atoms with Gasteiger partial charge in [0.25, 0.3) is 0 Å². The number of piperidine rings is 1. The normalized spacial score (nSPS) is 36.3. The van der Waals surface area contributed by atoms with Crippen molar-refractivity contribution in [1.82, 2.24) is 5.32 Å². The number of hydrogen-bond acceptors (Lipinski definition) is 2. The van der Waals surface area contributed by atoms with Crippen LogP contribution >= 0.6 is 0 Å². The first-order chi connectivity index (χ1) is 10.2. The van der Waals surface area contributed by atoms with Gasteiger partial charge in [0.1, 0.15) is 0 Å². The fraction of sp³-hybridized carbons (Fsp3) is 0.632. The van der Waals surface area contributed by atoms with Crippen LogP contribution in [0.15, 0.2) is 30.5 Å². The third-order valence-electron chi connectivity index (χ3n) is 5.05. The fourth-order valence-electron chi connectivity index (χ4n) is 4.09. The minimum absolute atomic E-state index is 0.0336. The number of aliphatic hydroxyl groups excluding tert-OH is 1. The Balaban J connectivity index is 2.10. The molecule has 2 rings (SSSR count). The van der Waals surface area contributed by atoms with E-state index < -0.39 is 0 Å². The van der Waals surface area contributed by atoms with Gasteiger partial charge in [-0.3, -0.25) is 0 Å². The van der Waals surface area contributed by atoms with Crippen molar-refractivity contribution in [3.63, 3.8) is 0 Å². The molecule has 1 saturated heterocycles. The van der Waals surface area contributed by atoms with Crippen molar-refractivity contribution in [1.29, 1.82) is 0 Å². The zero-order valence-electron chi connectivity index (χ0n) is 12.9. The summed E-state index contributed by atoms with van der Waals surface area (Å²) >= 11 is 0. The number of nitrogens with one attached hydrogen (secondary N) is 1. The van der Waals surface area contributed by atoms with E-state index in [-0.39, 0.29) is 17.6 Å². The lowest BCUT2D eigenvalue weighted by Gasteiger charge is -2.51. The molecule has 0 radical (unpaired) electrons. The quantitative estimate of drug-likeness (QED) is 0.613. The van der Waals surface area contributed by atoms with Crippen LogP contribution < -0.4 is 5.32 Å². The van der Waals surface area contributed by atoms with Gasteiger partial charge in [0.05, 0.1) is 6.10 Å². The van der Waals surface area contributed by atoms with Crippen LogP contribution in [0.1, 0.15) is 51.4 Å². The van der Waals surface area contributed by atoms with E-state index in [9.17, 15) is 5.11 Å². The van der Waals surface area contributed by atoms with Gasteiger partial charge in [0.15, 0.2) is 0 Å². The van der Waals surface area contributed by atoms with E-state index >= 15 is 0 Å². The summed E-state index contributed by atoms with van der Waals surface area (Å²) in [7, 11) is 0. The minimum atomic E-state index is -0.275. The Morgan fingerprint density at radius 2 is 2.10 bits per heavy atom. The maximum atomic E-state index is 10.4. The van der Waals surface area contributed by atoms with E-state index in [0.717, 1.165) is 38.5 Å². The van der Waals surface area contributed by atoms with Crippen LogP contribution in [0.4, 0.5) is 0 Å². The van der Waals surface area contributed by atoms with Crippen LogP contribution in [0, 0.1) is 18.3 Å². The largest absolute Gasteiger partial charge is 0.392 e. The van der Waals surface area contributed by atoms with Crippen molar-refractivity contribution in [3.05, 3.63) is 30.5 Å². The highest BCUT2D eigenvalue weighted by molar-refractivity contribution is 5.17. The van der Waals surface area contributed by atoms with Crippen molar-refractivity contribution >= 4 is 0 Å². The summed E-state index contributed by atoms with van der Waals surface area (Å²) in [4.78, 5) is 0. The molecule has 2 heteroatoms. The molecule has 1 saturated carbocycles. The van der Waals surface area contributed by atoms with E-state index in [1.54, 1.807) is 6.08 Å². The Hall–Kier alpha value is -1.26. The Bertz CT molecular complexity index is 451. The van der Waals surface area contributed by atoms with Gasteiger partial charge in [0.2, 0.25) is 0 Å². The Morgan fingerprint density at radius 1 is 1.33 bits per heavy atom. The lowest BCUT2D eigenvalue weighted by molar-refractivity contribution is 0.00300. The number of allylic oxidation sites excluding steroid dienone is 2. The number of terminal acetylenes is 1. The SMILES string of the molecule is C#CC=C[C@@H]1[C@@H](O)CCCC12CCC[C@H](CCC=C=C)N2. The standard InChI is InChI=1S/C19H27NO/c1-3-5-7-10-16-11-8-14-19(20-16)15-9-13-18(21)17(19)12-6-4-2/h2,5-6,12,16-18,20-21H,1,7-11,13-15H2/t16-,17+,18-,19?/m0/s1. The molecule has 2 N–H and O–H groups in total. The molecule has 0 amide bonds. The molecule has 114 valence electrons. The van der Waals surface area contributed by atoms with Gasteiger partial charge in [-0.15, -0.1) is 12.2 Å². The fourth-order valence-corrected chi connectivity index (χ4v) is 4.09. The molecule has 1 aliphatic heterocycles. The first-order valence-electron chi connectivity index (χ1n) is 8.15. The lowest BCUT2D eigenvalue weighted by Crippen LogP contribution is -2.61. The van der Waals surface area contributed by atoms with E-state index in [4.69, 9.17) is 6.42 Å². The van der Waals surface area contributed by atoms with Crippen LogP contribution in [0.2, 0.25) is 0 Å². The number of aliphatic hydroxyl groups is 1. The molecule has 2 fully saturated rings. The van der Waals surface area contributed by atoms with Gasteiger partial charge in [0, 0.05) is 17.5 Å². The molecule has 4 atom stereocenters. The summed E-state index contributed by atoms with van der Waals surface area (Å²) in [5, 5.41) is 14.3. The maximum absolute atomic E-state index is 10.4. The smallest absolute Gasteiger partial charge is 0.0620 e. The molecule has 0 bridgehead atoms. The average molecular weight is 285 g/mol. The summed E-state index contributed by atoms with van der Waals surface area (Å²) in [6.45, 7) is 3.62. The highest BCUT2D eigenvalue weighted by Gasteiger charge is 2.45. The Labute approximate surface area is 129 Å². The van der Waals surface area contributed by atoms with Crippen molar-refractivity contribution < 1.29 is 5.11 Å². The molecule has 2 aliphatic rings. The van der Waals surface area contributed by atoms with Gasteiger partial charge in [-0.2, -0.15) is 0 Å². The van der Waals surface area contributed by atoms with E-state index in [1.165, 1.54) is 12.8 Å². The van der Waals surface area contributed by atoms with E-state index in [0.29, 0.717) is 6.04 Å². The Kier molecular flexibility index (Phi) is 5.88. The molecular weight excluding hydrogens is 258 g/mol. The first-order valence-corrected chi connectivity index (χ1v) is 8.15. The number of rotatable bonds is 4. The van der Waals surface area contributed by atoms with Gasteiger partial charge in [-0.05, 0) is 57.1 Å². The average Bonchev–Trinajstić information content (AvgIpc) is 2.47. The highest BCUT2D eigenvalue weighted by atomic mass is 16.3. The van der Waals surface area contributed by atoms with Gasteiger partial charge < -0.3 is 10.4 Å². The van der Waals surface area contributed by atoms with Gasteiger partial charge >= 0.3 is 0 Å². The molecule has 0 aromatic rings. The van der Waals surface area contributed by atoms with E-state index in [2.05, 4.69) is 23.5 Å². The lowest BCUT2D eigenvalue weighted by atomic mass is 9.66. The molecular formula is C19H27NO. The third kappa shape index (κ3) is 3.89. The molecule has 1 spiro atoms. The molecule has 21 heavy (non-hydrogen) atoms. The zero-order valence-corrected chi connectivity index (χ0v) is 12.9. The predicted molar refractivity (Wildman–Crippen MR) is 87.8 cm³/mol. The van der Waals surface area contributed by atoms with Crippen LogP contribution in [0.3, 0.4) is 0 Å².